The Morgan fingerprint density at radius 3 is 1.80 bits per heavy atom. The molecule has 0 aliphatic carbocycles. The van der Waals surface area contributed by atoms with Gasteiger partial charge in [-0.3, -0.25) is 0 Å². The van der Waals surface area contributed by atoms with E-state index in [0.717, 1.165) is 0 Å². The summed E-state index contributed by atoms with van der Waals surface area (Å²) in [4.78, 5) is 3.45. The van der Waals surface area contributed by atoms with Gasteiger partial charge in [-0.1, -0.05) is 0 Å². The average molecular weight is 182 g/mol. The molecule has 0 bridgehead atoms. The zero-order chi connectivity index (χ0) is 3.54. The van der Waals surface area contributed by atoms with Crippen molar-refractivity contribution in [3.8, 4) is 0 Å². The third-order valence-electron chi connectivity index (χ3n) is 0.908. The van der Waals surface area contributed by atoms with Gasteiger partial charge in [0.2, 0.25) is 0 Å². The van der Waals surface area contributed by atoms with Gasteiger partial charge in [0.15, 0.2) is 0 Å². The fourth-order valence-corrected chi connectivity index (χ4v) is 15.9. The van der Waals surface area contributed by atoms with Crippen LogP contribution in [0.2, 0.25) is 9.95 Å². The molecule has 1 heterocycles. The van der Waals surface area contributed by atoms with E-state index < -0.39 is 0 Å². The van der Waals surface area contributed by atoms with Crippen molar-refractivity contribution in [1.82, 2.24) is 0 Å². The quantitative estimate of drug-likeness (QED) is 0.479. The molecule has 1 rings (SSSR count). The van der Waals surface area contributed by atoms with Crippen molar-refractivity contribution in [2.24, 2.45) is 0 Å². The van der Waals surface area contributed by atoms with Crippen molar-refractivity contribution in [1.29, 1.82) is 0 Å². The van der Waals surface area contributed by atoms with Gasteiger partial charge in [0.1, 0.15) is 0 Å². The van der Waals surface area contributed by atoms with Crippen LogP contribution in [-0.2, 0) is 0 Å². The van der Waals surface area contributed by atoms with E-state index in [0.29, 0.717) is 28.5 Å². The Morgan fingerprint density at radius 1 is 1.00 bits per heavy atom. The fourth-order valence-electron chi connectivity index (χ4n) is 0.589. The van der Waals surface area contributed by atoms with E-state index >= 15 is 0 Å². The third kappa shape index (κ3) is 1.44. The van der Waals surface area contributed by atoms with Crippen LogP contribution in [0.4, 0.5) is 0 Å². The van der Waals surface area contributed by atoms with Crippen LogP contribution in [0.1, 0.15) is 6.42 Å². The Bertz CT molecular complexity index is 42.9. The molecule has 0 aromatic carbocycles. The summed E-state index contributed by atoms with van der Waals surface area (Å²) >= 11 is 1.16. The Morgan fingerprint density at radius 2 is 1.60 bits per heavy atom. The molecule has 0 nitrogen and oxygen atoms in total. The summed E-state index contributed by atoms with van der Waals surface area (Å²) in [6, 6.07) is 0. The van der Waals surface area contributed by atoms with Gasteiger partial charge in [0.25, 0.3) is 0 Å². The zero-order valence-corrected chi connectivity index (χ0v) is 8.12. The second kappa shape index (κ2) is 2.45. The van der Waals surface area contributed by atoms with Gasteiger partial charge in [-0.2, -0.15) is 0 Å². The molecule has 5 heavy (non-hydrogen) atoms. The van der Waals surface area contributed by atoms with Crippen molar-refractivity contribution in [2.75, 3.05) is 0 Å². The Labute approximate surface area is 44.8 Å². The summed E-state index contributed by atoms with van der Waals surface area (Å²) in [6.07, 6.45) is 1.64. The third-order valence-corrected chi connectivity index (χ3v) is 15.6. The van der Waals surface area contributed by atoms with E-state index in [-0.39, 0.29) is 0 Å². The first-order valence-corrected chi connectivity index (χ1v) is 14.2. The Balaban J connectivity index is 2.32. The zero-order valence-electron chi connectivity index (χ0n) is 3.28. The van der Waals surface area contributed by atoms with E-state index in [4.69, 9.17) is 0 Å². The molecule has 0 N–H and O–H groups in total. The molecular formula is C3H6Ga2. The second-order valence-corrected chi connectivity index (χ2v) is 16.1. The topological polar surface area (TPSA) is 0 Å². The fraction of sp³-hybridized carbons (Fsp3) is 1.00. The van der Waals surface area contributed by atoms with E-state index in [1.165, 1.54) is 0 Å². The predicted molar refractivity (Wildman–Crippen MR) is 25.7 cm³/mol. The number of hydrogen-bond acceptors (Lipinski definition) is 0. The van der Waals surface area contributed by atoms with Gasteiger partial charge < -0.3 is 0 Å². The second-order valence-electron chi connectivity index (χ2n) is 1.40. The summed E-state index contributed by atoms with van der Waals surface area (Å²) in [5.74, 6) is 0. The van der Waals surface area contributed by atoms with E-state index in [9.17, 15) is 0 Å². The van der Waals surface area contributed by atoms with Gasteiger partial charge in [0, 0.05) is 0 Å². The molecule has 1 aliphatic rings. The summed E-state index contributed by atoms with van der Waals surface area (Å²) in [6.45, 7) is 0. The molecule has 0 unspecified atom stereocenters. The monoisotopic (exact) mass is 180 g/mol. The standard InChI is InChI=1S/C3H6.2Ga/c1-3-2;;/h1-3H2;;. The van der Waals surface area contributed by atoms with Crippen LogP contribution < -0.4 is 0 Å². The molecule has 1 aliphatic heterocycles. The first-order valence-electron chi connectivity index (χ1n) is 2.15. The predicted octanol–water partition coefficient (Wildman–Crippen LogP) is 0.550. The van der Waals surface area contributed by atoms with Crippen molar-refractivity contribution >= 4 is 28.5 Å². The van der Waals surface area contributed by atoms with E-state index in [2.05, 4.69) is 0 Å². The molecule has 0 radical (unpaired) electrons. The van der Waals surface area contributed by atoms with Gasteiger partial charge in [0.05, 0.1) is 0 Å². The van der Waals surface area contributed by atoms with Gasteiger partial charge >= 0.3 is 44.8 Å². The van der Waals surface area contributed by atoms with E-state index in [1.54, 1.807) is 16.4 Å². The van der Waals surface area contributed by atoms with Gasteiger partial charge in [-0.15, -0.1) is 0 Å². The molecule has 24 valence electrons. The summed E-state index contributed by atoms with van der Waals surface area (Å²) in [7, 11) is 0. The van der Waals surface area contributed by atoms with Crippen molar-refractivity contribution in [2.45, 2.75) is 16.4 Å². The van der Waals surface area contributed by atoms with E-state index in [1.807, 2.05) is 0 Å². The maximum atomic E-state index is 1.73. The molecular weight excluding hydrogens is 175 g/mol. The first kappa shape index (κ1) is 4.43. The number of hydrogen-bond donors (Lipinski definition) is 0. The van der Waals surface area contributed by atoms with Crippen LogP contribution in [-0.4, -0.2) is 28.5 Å². The molecule has 0 aromatic heterocycles. The summed E-state index contributed by atoms with van der Waals surface area (Å²) in [5, 5.41) is 0. The van der Waals surface area contributed by atoms with Crippen molar-refractivity contribution < 1.29 is 0 Å². The van der Waals surface area contributed by atoms with Crippen LogP contribution in [0.15, 0.2) is 0 Å². The molecule has 0 atom stereocenters. The normalized spacial score (nSPS) is 17.6. The molecule has 0 spiro atoms. The molecule has 0 saturated carbocycles. The van der Waals surface area contributed by atoms with Crippen LogP contribution >= 0.6 is 0 Å². The van der Waals surface area contributed by atoms with Crippen LogP contribution in [0.25, 0.3) is 0 Å². The first-order chi connectivity index (χ1) is 2.50. The SMILES string of the molecule is C1[CH2][Ga]=[Ga][CH2]1. The van der Waals surface area contributed by atoms with Crippen LogP contribution in [0.5, 0.6) is 0 Å². The van der Waals surface area contributed by atoms with Crippen LogP contribution in [0.3, 0.4) is 0 Å². The number of rotatable bonds is 0. The van der Waals surface area contributed by atoms with Crippen molar-refractivity contribution in [3.63, 3.8) is 0 Å². The molecule has 0 saturated heterocycles. The Hall–Kier alpha value is 1.27. The van der Waals surface area contributed by atoms with Gasteiger partial charge in [-0.05, 0) is 0 Å². The minimum absolute atomic E-state index is 0.580. The van der Waals surface area contributed by atoms with Gasteiger partial charge in [-0.25, -0.2) is 0 Å². The Kier molecular flexibility index (Phi) is 2.17. The average Bonchev–Trinajstić information content (AvgIpc) is 1.76. The summed E-state index contributed by atoms with van der Waals surface area (Å²) in [5.41, 5.74) is 0. The maximum absolute atomic E-state index is 1.73. The minimum atomic E-state index is 0.580. The van der Waals surface area contributed by atoms with Crippen LogP contribution in [0, 0.1) is 0 Å². The molecule has 0 aromatic rings. The molecule has 0 amide bonds. The van der Waals surface area contributed by atoms with Crippen molar-refractivity contribution in [3.05, 3.63) is 0 Å². The molecule has 2 heteroatoms. The molecule has 0 fully saturated rings. The summed E-state index contributed by atoms with van der Waals surface area (Å²) < 4.78 is 0.